The third-order valence-corrected chi connectivity index (χ3v) is 4.30. The Bertz CT molecular complexity index is 644. The standard InChI is InChI=1S/C21H33N3O4/c1-15(2)12-17(13-19(26)24-28)20(27)22-11-10-18(25)23-21(3,4)14-16-8-6-5-7-9-16/h5-9,15,17,28H,10-14H2,1-4H3,(H,22,27)(H,23,25)(H,24,26)/t17-/m1/s1. The van der Waals surface area contributed by atoms with Gasteiger partial charge in [0.15, 0.2) is 0 Å². The van der Waals surface area contributed by atoms with Crippen LogP contribution in [-0.2, 0) is 20.8 Å². The minimum atomic E-state index is -0.596. The molecule has 0 radical (unpaired) electrons. The summed E-state index contributed by atoms with van der Waals surface area (Å²) in [6, 6.07) is 9.92. The maximum absolute atomic E-state index is 12.3. The van der Waals surface area contributed by atoms with Crippen molar-refractivity contribution >= 4 is 17.7 Å². The Morgan fingerprint density at radius 2 is 1.71 bits per heavy atom. The fraction of sp³-hybridized carbons (Fsp3) is 0.571. The first-order chi connectivity index (χ1) is 13.1. The van der Waals surface area contributed by atoms with Crippen LogP contribution < -0.4 is 16.1 Å². The molecule has 1 atom stereocenters. The van der Waals surface area contributed by atoms with Gasteiger partial charge in [0.1, 0.15) is 0 Å². The number of hydrogen-bond donors (Lipinski definition) is 4. The number of benzene rings is 1. The molecule has 0 unspecified atom stereocenters. The Kier molecular flexibility index (Phi) is 9.65. The van der Waals surface area contributed by atoms with Gasteiger partial charge in [-0.15, -0.1) is 0 Å². The average Bonchev–Trinajstić information content (AvgIpc) is 2.60. The third-order valence-electron chi connectivity index (χ3n) is 4.30. The van der Waals surface area contributed by atoms with E-state index in [0.29, 0.717) is 12.8 Å². The summed E-state index contributed by atoms with van der Waals surface area (Å²) in [7, 11) is 0. The number of hydroxylamine groups is 1. The van der Waals surface area contributed by atoms with Gasteiger partial charge in [-0.25, -0.2) is 5.48 Å². The molecule has 7 heteroatoms. The van der Waals surface area contributed by atoms with Crippen molar-refractivity contribution in [3.8, 4) is 0 Å². The van der Waals surface area contributed by atoms with Gasteiger partial charge in [-0.1, -0.05) is 44.2 Å². The van der Waals surface area contributed by atoms with E-state index < -0.39 is 17.4 Å². The van der Waals surface area contributed by atoms with Crippen LogP contribution in [0.1, 0.15) is 52.5 Å². The van der Waals surface area contributed by atoms with Crippen molar-refractivity contribution in [2.45, 2.75) is 58.9 Å². The summed E-state index contributed by atoms with van der Waals surface area (Å²) in [5.74, 6) is -1.33. The molecule has 0 spiro atoms. The highest BCUT2D eigenvalue weighted by Crippen LogP contribution is 2.16. The van der Waals surface area contributed by atoms with Crippen molar-refractivity contribution in [3.63, 3.8) is 0 Å². The van der Waals surface area contributed by atoms with E-state index in [2.05, 4.69) is 10.6 Å². The van der Waals surface area contributed by atoms with Crippen LogP contribution in [0, 0.1) is 11.8 Å². The molecule has 0 saturated heterocycles. The molecular weight excluding hydrogens is 358 g/mol. The van der Waals surface area contributed by atoms with Gasteiger partial charge in [-0.05, 0) is 38.2 Å². The molecule has 156 valence electrons. The van der Waals surface area contributed by atoms with E-state index in [9.17, 15) is 14.4 Å². The number of rotatable bonds is 11. The maximum Gasteiger partial charge on any atom is 0.244 e. The van der Waals surface area contributed by atoms with E-state index in [1.165, 1.54) is 0 Å². The first-order valence-corrected chi connectivity index (χ1v) is 9.68. The Morgan fingerprint density at radius 3 is 2.29 bits per heavy atom. The Labute approximate surface area is 167 Å². The molecule has 3 amide bonds. The number of nitrogens with one attached hydrogen (secondary N) is 3. The van der Waals surface area contributed by atoms with Crippen LogP contribution >= 0.6 is 0 Å². The summed E-state index contributed by atoms with van der Waals surface area (Å²) in [6.07, 6.45) is 1.30. The molecule has 0 aliphatic rings. The molecule has 28 heavy (non-hydrogen) atoms. The first kappa shape index (κ1) is 23.6. The van der Waals surface area contributed by atoms with Gasteiger partial charge >= 0.3 is 0 Å². The summed E-state index contributed by atoms with van der Waals surface area (Å²) in [4.78, 5) is 36.0. The lowest BCUT2D eigenvalue weighted by Crippen LogP contribution is -2.46. The van der Waals surface area contributed by atoms with Crippen molar-refractivity contribution in [2.75, 3.05) is 6.54 Å². The van der Waals surface area contributed by atoms with Crippen LogP contribution in [0.4, 0.5) is 0 Å². The molecule has 0 aliphatic heterocycles. The van der Waals surface area contributed by atoms with E-state index in [-0.39, 0.29) is 37.1 Å². The predicted molar refractivity (Wildman–Crippen MR) is 107 cm³/mol. The number of amides is 3. The van der Waals surface area contributed by atoms with Gasteiger partial charge in [-0.3, -0.25) is 19.6 Å². The summed E-state index contributed by atoms with van der Waals surface area (Å²) in [6.45, 7) is 8.03. The van der Waals surface area contributed by atoms with Crippen LogP contribution in [0.25, 0.3) is 0 Å². The molecule has 0 fully saturated rings. The Morgan fingerprint density at radius 1 is 1.07 bits per heavy atom. The molecule has 1 aromatic carbocycles. The number of carbonyl (C=O) groups excluding carboxylic acids is 3. The summed E-state index contributed by atoms with van der Waals surface area (Å²) < 4.78 is 0. The molecule has 0 saturated carbocycles. The van der Waals surface area contributed by atoms with Gasteiger partial charge in [-0.2, -0.15) is 0 Å². The lowest BCUT2D eigenvalue weighted by Gasteiger charge is -2.26. The minimum absolute atomic E-state index is 0.0865. The lowest BCUT2D eigenvalue weighted by molar-refractivity contribution is -0.135. The largest absolute Gasteiger partial charge is 0.355 e. The quantitative estimate of drug-likeness (QED) is 0.342. The predicted octanol–water partition coefficient (Wildman–Crippen LogP) is 2.19. The molecular formula is C21H33N3O4. The van der Waals surface area contributed by atoms with Gasteiger partial charge in [0.05, 0.1) is 0 Å². The SMILES string of the molecule is CC(C)C[C@H](CC(=O)NO)C(=O)NCCC(=O)NC(C)(C)Cc1ccccc1. The van der Waals surface area contributed by atoms with Crippen molar-refractivity contribution in [1.29, 1.82) is 0 Å². The summed E-state index contributed by atoms with van der Waals surface area (Å²) in [5.41, 5.74) is 2.30. The molecule has 0 aliphatic carbocycles. The van der Waals surface area contributed by atoms with Gasteiger partial charge < -0.3 is 10.6 Å². The van der Waals surface area contributed by atoms with Crippen LogP contribution in [-0.4, -0.2) is 35.0 Å². The Hall–Kier alpha value is -2.41. The number of carbonyl (C=O) groups is 3. The minimum Gasteiger partial charge on any atom is -0.355 e. The molecule has 1 rings (SSSR count). The van der Waals surface area contributed by atoms with Gasteiger partial charge in [0.2, 0.25) is 17.7 Å². The molecule has 0 bridgehead atoms. The lowest BCUT2D eigenvalue weighted by atomic mass is 9.93. The second-order valence-corrected chi connectivity index (χ2v) is 8.20. The van der Waals surface area contributed by atoms with Crippen molar-refractivity contribution < 1.29 is 19.6 Å². The summed E-state index contributed by atoms with van der Waals surface area (Å²) in [5, 5.41) is 14.4. The Balaban J connectivity index is 2.46. The fourth-order valence-corrected chi connectivity index (χ4v) is 3.16. The second kappa shape index (κ2) is 11.4. The van der Waals surface area contributed by atoms with Crippen LogP contribution in [0.3, 0.4) is 0 Å². The van der Waals surface area contributed by atoms with E-state index in [1.807, 2.05) is 58.0 Å². The van der Waals surface area contributed by atoms with E-state index in [4.69, 9.17) is 5.21 Å². The van der Waals surface area contributed by atoms with Crippen molar-refractivity contribution in [3.05, 3.63) is 35.9 Å². The molecule has 7 nitrogen and oxygen atoms in total. The topological polar surface area (TPSA) is 108 Å². The monoisotopic (exact) mass is 391 g/mol. The fourth-order valence-electron chi connectivity index (χ4n) is 3.16. The highest BCUT2D eigenvalue weighted by atomic mass is 16.5. The zero-order chi connectivity index (χ0) is 21.2. The molecule has 0 heterocycles. The maximum atomic E-state index is 12.3. The second-order valence-electron chi connectivity index (χ2n) is 8.20. The normalized spacial score (nSPS) is 12.4. The van der Waals surface area contributed by atoms with Crippen LogP contribution in [0.2, 0.25) is 0 Å². The van der Waals surface area contributed by atoms with E-state index in [1.54, 1.807) is 5.48 Å². The van der Waals surface area contributed by atoms with Gasteiger partial charge in [0, 0.05) is 30.8 Å². The zero-order valence-corrected chi connectivity index (χ0v) is 17.2. The highest BCUT2D eigenvalue weighted by molar-refractivity contribution is 5.85. The van der Waals surface area contributed by atoms with Gasteiger partial charge in [0.25, 0.3) is 0 Å². The first-order valence-electron chi connectivity index (χ1n) is 9.68. The van der Waals surface area contributed by atoms with Crippen molar-refractivity contribution in [1.82, 2.24) is 16.1 Å². The third kappa shape index (κ3) is 9.50. The summed E-state index contributed by atoms with van der Waals surface area (Å²) >= 11 is 0. The molecule has 4 N–H and O–H groups in total. The van der Waals surface area contributed by atoms with Crippen LogP contribution in [0.5, 0.6) is 0 Å². The van der Waals surface area contributed by atoms with E-state index in [0.717, 1.165) is 5.56 Å². The number of hydrogen-bond acceptors (Lipinski definition) is 4. The zero-order valence-electron chi connectivity index (χ0n) is 17.2. The average molecular weight is 392 g/mol. The molecule has 1 aromatic rings. The smallest absolute Gasteiger partial charge is 0.244 e. The van der Waals surface area contributed by atoms with Crippen molar-refractivity contribution in [2.24, 2.45) is 11.8 Å². The molecule has 0 aromatic heterocycles. The van der Waals surface area contributed by atoms with E-state index >= 15 is 0 Å². The highest BCUT2D eigenvalue weighted by Gasteiger charge is 2.24. The van der Waals surface area contributed by atoms with Crippen LogP contribution in [0.15, 0.2) is 30.3 Å².